The molecule has 2 aromatic heterocycles. The molecule has 0 unspecified atom stereocenters. The molecule has 13 heteroatoms. The van der Waals surface area contributed by atoms with Gasteiger partial charge in [-0.3, -0.25) is 19.2 Å². The number of alkyl halides is 3. The van der Waals surface area contributed by atoms with Crippen molar-refractivity contribution in [3.05, 3.63) is 64.3 Å². The first-order chi connectivity index (χ1) is 19.2. The van der Waals surface area contributed by atoms with E-state index in [-0.39, 0.29) is 0 Å². The number of likely N-dealkylation sites (N-methyl/N-ethyl adjacent to an activating group) is 1. The van der Waals surface area contributed by atoms with E-state index in [0.717, 1.165) is 63.3 Å². The van der Waals surface area contributed by atoms with Gasteiger partial charge in [-0.1, -0.05) is 6.07 Å². The van der Waals surface area contributed by atoms with Crippen molar-refractivity contribution in [3.63, 3.8) is 0 Å². The number of halogens is 3. The van der Waals surface area contributed by atoms with Crippen LogP contribution in [0.2, 0.25) is 0 Å². The molecule has 0 saturated carbocycles. The Balaban J connectivity index is 1.42. The number of aromatic nitrogens is 3. The second-order valence-corrected chi connectivity index (χ2v) is 10.0. The number of amides is 1. The topological polar surface area (TPSA) is 98.7 Å². The molecule has 3 aromatic rings. The SMILES string of the molecule is CN1CCN(c2ccc(-c3cnn(CCN4CCOCC4)c3)cc2NC(=O)c2c[nH]c(=O)cc2C(F)(F)F)CC1. The number of pyridine rings is 1. The van der Waals surface area contributed by atoms with Crippen LogP contribution >= 0.6 is 0 Å². The third-order valence-corrected chi connectivity index (χ3v) is 7.28. The zero-order chi connectivity index (χ0) is 28.3. The lowest BCUT2D eigenvalue weighted by molar-refractivity contribution is -0.138. The van der Waals surface area contributed by atoms with Gasteiger partial charge < -0.3 is 24.8 Å². The van der Waals surface area contributed by atoms with Crippen molar-refractivity contribution in [2.24, 2.45) is 0 Å². The van der Waals surface area contributed by atoms with E-state index in [1.54, 1.807) is 12.3 Å². The molecule has 0 atom stereocenters. The van der Waals surface area contributed by atoms with Crippen molar-refractivity contribution in [3.8, 4) is 11.1 Å². The molecule has 1 aromatic carbocycles. The number of nitrogens with zero attached hydrogens (tertiary/aromatic N) is 5. The number of ether oxygens (including phenoxy) is 1. The zero-order valence-electron chi connectivity index (χ0n) is 22.2. The van der Waals surface area contributed by atoms with E-state index in [9.17, 15) is 22.8 Å². The standard InChI is InChI=1S/C27H32F3N7O3/c1-34-4-7-36(8-5-34)24-3-2-19(20-16-32-37(18-20)9-6-35-10-12-40-13-11-35)14-23(24)33-26(39)21-17-31-25(38)15-22(21)27(28,29)30/h2-3,14-18H,4-13H2,1H3,(H,31,38)(H,33,39). The maximum absolute atomic E-state index is 13.6. The maximum atomic E-state index is 13.6. The summed E-state index contributed by atoms with van der Waals surface area (Å²) in [6.07, 6.45) is -0.405. The molecule has 2 saturated heterocycles. The van der Waals surface area contributed by atoms with Crippen LogP contribution in [0.4, 0.5) is 24.5 Å². The van der Waals surface area contributed by atoms with Crippen LogP contribution < -0.4 is 15.8 Å². The maximum Gasteiger partial charge on any atom is 0.417 e. The van der Waals surface area contributed by atoms with E-state index in [1.807, 2.05) is 30.1 Å². The van der Waals surface area contributed by atoms with Gasteiger partial charge in [0.15, 0.2) is 0 Å². The van der Waals surface area contributed by atoms with Crippen LogP contribution in [0.25, 0.3) is 11.1 Å². The Bertz CT molecular complexity index is 1390. The molecule has 2 aliphatic rings. The summed E-state index contributed by atoms with van der Waals surface area (Å²) < 4.78 is 48.2. The van der Waals surface area contributed by atoms with Gasteiger partial charge >= 0.3 is 6.18 Å². The van der Waals surface area contributed by atoms with Crippen LogP contribution in [-0.2, 0) is 17.5 Å². The fraction of sp³-hybridized carbons (Fsp3) is 0.444. The van der Waals surface area contributed by atoms with Crippen LogP contribution in [0, 0.1) is 0 Å². The molecule has 2 aliphatic heterocycles. The molecule has 0 spiro atoms. The quantitative estimate of drug-likeness (QED) is 0.459. The van der Waals surface area contributed by atoms with E-state index in [2.05, 4.69) is 30.1 Å². The van der Waals surface area contributed by atoms with Crippen molar-refractivity contribution in [1.29, 1.82) is 0 Å². The van der Waals surface area contributed by atoms with E-state index < -0.39 is 28.8 Å². The number of nitrogens with one attached hydrogen (secondary N) is 2. The van der Waals surface area contributed by atoms with Crippen LogP contribution in [0.3, 0.4) is 0 Å². The highest BCUT2D eigenvalue weighted by Crippen LogP contribution is 2.34. The lowest BCUT2D eigenvalue weighted by Crippen LogP contribution is -2.44. The number of morpholine rings is 1. The van der Waals surface area contributed by atoms with E-state index in [0.29, 0.717) is 37.1 Å². The van der Waals surface area contributed by atoms with Crippen LogP contribution in [0.5, 0.6) is 0 Å². The average molecular weight is 560 g/mol. The third kappa shape index (κ3) is 6.54. The van der Waals surface area contributed by atoms with Gasteiger partial charge in [-0.25, -0.2) is 0 Å². The van der Waals surface area contributed by atoms with Crippen LogP contribution in [-0.4, -0.2) is 96.5 Å². The zero-order valence-corrected chi connectivity index (χ0v) is 22.2. The fourth-order valence-corrected chi connectivity index (χ4v) is 4.93. The minimum atomic E-state index is -4.86. The first kappa shape index (κ1) is 27.9. The number of rotatable bonds is 7. The number of hydrogen-bond acceptors (Lipinski definition) is 7. The average Bonchev–Trinajstić information content (AvgIpc) is 3.42. The Morgan fingerprint density at radius 3 is 2.52 bits per heavy atom. The number of H-pyrrole nitrogens is 1. The second-order valence-electron chi connectivity index (χ2n) is 10.0. The monoisotopic (exact) mass is 559 g/mol. The Hall–Kier alpha value is -3.68. The highest BCUT2D eigenvalue weighted by molar-refractivity contribution is 6.07. The van der Waals surface area contributed by atoms with Gasteiger partial charge in [0, 0.05) is 69.8 Å². The van der Waals surface area contributed by atoms with Gasteiger partial charge in [-0.15, -0.1) is 0 Å². The van der Waals surface area contributed by atoms with Gasteiger partial charge in [-0.05, 0) is 24.7 Å². The minimum Gasteiger partial charge on any atom is -0.379 e. The molecule has 0 radical (unpaired) electrons. The van der Waals surface area contributed by atoms with Gasteiger partial charge in [0.05, 0.1) is 48.5 Å². The fourth-order valence-electron chi connectivity index (χ4n) is 4.93. The predicted molar refractivity (Wildman–Crippen MR) is 145 cm³/mol. The number of benzene rings is 1. The normalized spacial score (nSPS) is 17.2. The van der Waals surface area contributed by atoms with Gasteiger partial charge in [0.2, 0.25) is 5.56 Å². The summed E-state index contributed by atoms with van der Waals surface area (Å²) in [6, 6.07) is 5.96. The lowest BCUT2D eigenvalue weighted by atomic mass is 10.1. The first-order valence-electron chi connectivity index (χ1n) is 13.2. The van der Waals surface area contributed by atoms with Crippen molar-refractivity contribution in [1.82, 2.24) is 24.6 Å². The van der Waals surface area contributed by atoms with E-state index >= 15 is 0 Å². The van der Waals surface area contributed by atoms with Crippen LogP contribution in [0.1, 0.15) is 15.9 Å². The minimum absolute atomic E-state index is 0.382. The molecule has 1 amide bonds. The Kier molecular flexibility index (Phi) is 8.24. The van der Waals surface area contributed by atoms with Crippen molar-refractivity contribution < 1.29 is 22.7 Å². The Morgan fingerprint density at radius 1 is 1.05 bits per heavy atom. The number of anilines is 2. The molecular formula is C27H32F3N7O3. The summed E-state index contributed by atoms with van der Waals surface area (Å²) in [4.78, 5) is 33.5. The van der Waals surface area contributed by atoms with Crippen molar-refractivity contribution in [2.75, 3.05) is 76.3 Å². The Morgan fingerprint density at radius 2 is 1.80 bits per heavy atom. The number of carbonyl (C=O) groups excluding carboxylic acids is 1. The summed E-state index contributed by atoms with van der Waals surface area (Å²) in [6.45, 7) is 7.78. The molecule has 10 nitrogen and oxygen atoms in total. The lowest BCUT2D eigenvalue weighted by Gasteiger charge is -2.35. The third-order valence-electron chi connectivity index (χ3n) is 7.28. The summed E-state index contributed by atoms with van der Waals surface area (Å²) in [7, 11) is 2.02. The molecule has 2 fully saturated rings. The largest absolute Gasteiger partial charge is 0.417 e. The smallest absolute Gasteiger partial charge is 0.379 e. The molecule has 0 aliphatic carbocycles. The molecular weight excluding hydrogens is 527 g/mol. The Labute approximate surface area is 229 Å². The molecule has 2 N–H and O–H groups in total. The van der Waals surface area contributed by atoms with Gasteiger partial charge in [-0.2, -0.15) is 18.3 Å². The van der Waals surface area contributed by atoms with Gasteiger partial charge in [0.1, 0.15) is 0 Å². The number of aromatic amines is 1. The summed E-state index contributed by atoms with van der Waals surface area (Å²) in [5.41, 5.74) is -0.193. The second kappa shape index (κ2) is 11.8. The molecule has 40 heavy (non-hydrogen) atoms. The number of piperazine rings is 1. The van der Waals surface area contributed by atoms with Gasteiger partial charge in [0.25, 0.3) is 5.91 Å². The molecule has 214 valence electrons. The van der Waals surface area contributed by atoms with E-state index in [1.165, 1.54) is 0 Å². The summed E-state index contributed by atoms with van der Waals surface area (Å²) in [5, 5.41) is 7.17. The molecule has 0 bridgehead atoms. The summed E-state index contributed by atoms with van der Waals surface area (Å²) >= 11 is 0. The first-order valence-corrected chi connectivity index (χ1v) is 13.2. The highest BCUT2D eigenvalue weighted by Gasteiger charge is 2.36. The molecule has 5 rings (SSSR count). The van der Waals surface area contributed by atoms with Crippen LogP contribution in [0.15, 0.2) is 47.7 Å². The number of hydrogen-bond donors (Lipinski definition) is 2. The number of carbonyl (C=O) groups is 1. The highest BCUT2D eigenvalue weighted by atomic mass is 19.4. The predicted octanol–water partition coefficient (Wildman–Crippen LogP) is 2.59. The van der Waals surface area contributed by atoms with Crippen molar-refractivity contribution in [2.45, 2.75) is 12.7 Å². The van der Waals surface area contributed by atoms with E-state index in [4.69, 9.17) is 4.74 Å². The van der Waals surface area contributed by atoms with Crippen molar-refractivity contribution >= 4 is 17.3 Å². The summed E-state index contributed by atoms with van der Waals surface area (Å²) in [5.74, 6) is -0.961. The molecule has 4 heterocycles.